The van der Waals surface area contributed by atoms with Crippen molar-refractivity contribution in [1.82, 2.24) is 10.6 Å². The molecule has 0 amide bonds. The second kappa shape index (κ2) is 4.62. The molecular formula is C8H13N3. The van der Waals surface area contributed by atoms with Crippen molar-refractivity contribution < 1.29 is 0 Å². The molecule has 0 aromatic heterocycles. The highest BCUT2D eigenvalue weighted by atomic mass is 15.2. The number of guanidine groups is 1. The molecule has 60 valence electrons. The van der Waals surface area contributed by atoms with Crippen molar-refractivity contribution in [3.8, 4) is 12.3 Å². The van der Waals surface area contributed by atoms with E-state index >= 15 is 0 Å². The molecule has 1 heterocycles. The molecule has 0 bridgehead atoms. The summed E-state index contributed by atoms with van der Waals surface area (Å²) in [5.41, 5.74) is 0. The van der Waals surface area contributed by atoms with E-state index in [1.807, 2.05) is 0 Å². The van der Waals surface area contributed by atoms with E-state index in [0.29, 0.717) is 0 Å². The van der Waals surface area contributed by atoms with Crippen LogP contribution in [0.15, 0.2) is 4.99 Å². The Kier molecular flexibility index (Phi) is 3.33. The minimum Gasteiger partial charge on any atom is -0.356 e. The van der Waals surface area contributed by atoms with E-state index < -0.39 is 0 Å². The van der Waals surface area contributed by atoms with Gasteiger partial charge in [0.25, 0.3) is 0 Å². The maximum Gasteiger partial charge on any atom is 0.191 e. The lowest BCUT2D eigenvalue weighted by atomic mass is 10.4. The summed E-state index contributed by atoms with van der Waals surface area (Å²) in [4.78, 5) is 4.23. The molecule has 0 spiro atoms. The number of hydrogen-bond acceptors (Lipinski definition) is 3. The monoisotopic (exact) mass is 151 g/mol. The van der Waals surface area contributed by atoms with Crippen LogP contribution in [-0.4, -0.2) is 25.6 Å². The zero-order valence-corrected chi connectivity index (χ0v) is 6.56. The number of nitrogens with zero attached hydrogens (tertiary/aromatic N) is 1. The molecule has 0 fully saturated rings. The number of nitrogens with one attached hydrogen (secondary N) is 2. The molecule has 1 rings (SSSR count). The van der Waals surface area contributed by atoms with Gasteiger partial charge in [-0.25, -0.2) is 0 Å². The normalized spacial score (nSPS) is 16.1. The summed E-state index contributed by atoms with van der Waals surface area (Å²) < 4.78 is 0. The summed E-state index contributed by atoms with van der Waals surface area (Å²) in [5.74, 6) is 3.46. The van der Waals surface area contributed by atoms with Crippen LogP contribution in [-0.2, 0) is 0 Å². The summed E-state index contributed by atoms with van der Waals surface area (Å²) in [7, 11) is 0. The number of hydrogen-bond donors (Lipinski definition) is 2. The van der Waals surface area contributed by atoms with E-state index in [4.69, 9.17) is 6.42 Å². The fourth-order valence-corrected chi connectivity index (χ4v) is 0.904. The van der Waals surface area contributed by atoms with Crippen LogP contribution in [0.3, 0.4) is 0 Å². The molecule has 0 radical (unpaired) electrons. The zero-order chi connectivity index (χ0) is 7.94. The highest BCUT2D eigenvalue weighted by Crippen LogP contribution is 1.86. The second-order valence-corrected chi connectivity index (χ2v) is 2.39. The molecule has 1 aliphatic heterocycles. The molecule has 0 atom stereocenters. The lowest BCUT2D eigenvalue weighted by Gasteiger charge is -2.14. The van der Waals surface area contributed by atoms with Crippen LogP contribution in [0, 0.1) is 12.3 Å². The maximum absolute atomic E-state index is 5.09. The van der Waals surface area contributed by atoms with Crippen molar-refractivity contribution in [3.05, 3.63) is 0 Å². The third-order valence-electron chi connectivity index (χ3n) is 1.46. The molecule has 3 heteroatoms. The first kappa shape index (κ1) is 7.93. The van der Waals surface area contributed by atoms with Gasteiger partial charge in [0.2, 0.25) is 0 Å². The van der Waals surface area contributed by atoms with Crippen LogP contribution in [0.4, 0.5) is 0 Å². The van der Waals surface area contributed by atoms with E-state index in [1.54, 1.807) is 0 Å². The van der Waals surface area contributed by atoms with Crippen molar-refractivity contribution in [2.75, 3.05) is 19.6 Å². The Morgan fingerprint density at radius 1 is 1.73 bits per heavy atom. The van der Waals surface area contributed by atoms with Crippen molar-refractivity contribution in [3.63, 3.8) is 0 Å². The molecule has 0 aromatic rings. The van der Waals surface area contributed by atoms with Crippen molar-refractivity contribution in [2.24, 2.45) is 4.99 Å². The average Bonchev–Trinajstić information content (AvgIpc) is 2.07. The molecule has 3 nitrogen and oxygen atoms in total. The first-order chi connectivity index (χ1) is 5.43. The number of terminal acetylenes is 1. The first-order valence-electron chi connectivity index (χ1n) is 3.89. The van der Waals surface area contributed by atoms with Crippen LogP contribution in [0.1, 0.15) is 12.8 Å². The predicted molar refractivity (Wildman–Crippen MR) is 46.4 cm³/mol. The SMILES string of the molecule is C#CCCNC1=NCCCN1. The van der Waals surface area contributed by atoms with Gasteiger partial charge < -0.3 is 10.6 Å². The maximum atomic E-state index is 5.09. The number of rotatable bonds is 2. The summed E-state index contributed by atoms with van der Waals surface area (Å²) >= 11 is 0. The van der Waals surface area contributed by atoms with Gasteiger partial charge >= 0.3 is 0 Å². The van der Waals surface area contributed by atoms with E-state index in [9.17, 15) is 0 Å². The Balaban J connectivity index is 2.15. The largest absolute Gasteiger partial charge is 0.356 e. The highest BCUT2D eigenvalue weighted by molar-refractivity contribution is 5.80. The van der Waals surface area contributed by atoms with E-state index in [2.05, 4.69) is 21.5 Å². The first-order valence-corrected chi connectivity index (χ1v) is 3.89. The average molecular weight is 151 g/mol. The highest BCUT2D eigenvalue weighted by Gasteiger charge is 2.00. The summed E-state index contributed by atoms with van der Waals surface area (Å²) in [6.07, 6.45) is 6.97. The van der Waals surface area contributed by atoms with Gasteiger partial charge in [-0.15, -0.1) is 12.3 Å². The Bertz CT molecular complexity index is 178. The molecule has 0 aliphatic carbocycles. The zero-order valence-electron chi connectivity index (χ0n) is 6.56. The molecule has 1 aliphatic rings. The second-order valence-electron chi connectivity index (χ2n) is 2.39. The smallest absolute Gasteiger partial charge is 0.191 e. The molecule has 11 heavy (non-hydrogen) atoms. The fourth-order valence-electron chi connectivity index (χ4n) is 0.904. The summed E-state index contributed by atoms with van der Waals surface area (Å²) in [5, 5.41) is 6.27. The van der Waals surface area contributed by atoms with Gasteiger partial charge in [0.15, 0.2) is 5.96 Å². The van der Waals surface area contributed by atoms with Gasteiger partial charge in [0, 0.05) is 26.1 Å². The standard InChI is InChI=1S/C8H13N3/c1-2-3-5-9-8-10-6-4-7-11-8/h1H,3-7H2,(H2,9,10,11). The molecule has 0 unspecified atom stereocenters. The summed E-state index contributed by atoms with van der Waals surface area (Å²) in [6.45, 7) is 2.75. The molecule has 0 aromatic carbocycles. The minimum absolute atomic E-state index is 0.751. The molecule has 2 N–H and O–H groups in total. The Morgan fingerprint density at radius 2 is 2.64 bits per heavy atom. The molecule has 0 saturated heterocycles. The van der Waals surface area contributed by atoms with Gasteiger partial charge in [0.05, 0.1) is 0 Å². The van der Waals surface area contributed by atoms with Gasteiger partial charge in [-0.1, -0.05) is 0 Å². The van der Waals surface area contributed by atoms with Crippen LogP contribution >= 0.6 is 0 Å². The van der Waals surface area contributed by atoms with Crippen molar-refractivity contribution in [1.29, 1.82) is 0 Å². The topological polar surface area (TPSA) is 36.4 Å². The molecular weight excluding hydrogens is 138 g/mol. The fraction of sp³-hybridized carbons (Fsp3) is 0.625. The van der Waals surface area contributed by atoms with Crippen LogP contribution < -0.4 is 10.6 Å². The van der Waals surface area contributed by atoms with Gasteiger partial charge in [-0.05, 0) is 6.42 Å². The van der Waals surface area contributed by atoms with E-state index in [0.717, 1.165) is 38.4 Å². The van der Waals surface area contributed by atoms with Gasteiger partial charge in [0.1, 0.15) is 0 Å². The number of aliphatic imine (C=N–C) groups is 1. The van der Waals surface area contributed by atoms with Crippen molar-refractivity contribution >= 4 is 5.96 Å². The van der Waals surface area contributed by atoms with Crippen LogP contribution in [0.2, 0.25) is 0 Å². The molecule has 0 saturated carbocycles. The van der Waals surface area contributed by atoms with E-state index in [1.165, 1.54) is 0 Å². The van der Waals surface area contributed by atoms with Gasteiger partial charge in [-0.2, -0.15) is 0 Å². The van der Waals surface area contributed by atoms with Crippen LogP contribution in [0.25, 0.3) is 0 Å². The lowest BCUT2D eigenvalue weighted by molar-refractivity contribution is 0.704. The quantitative estimate of drug-likeness (QED) is 0.429. The Hall–Kier alpha value is -1.17. The third kappa shape index (κ3) is 2.94. The van der Waals surface area contributed by atoms with Gasteiger partial charge in [-0.3, -0.25) is 4.99 Å². The predicted octanol–water partition coefficient (Wildman–Crippen LogP) is -0.0514. The van der Waals surface area contributed by atoms with Crippen LogP contribution in [0.5, 0.6) is 0 Å². The minimum atomic E-state index is 0.751. The van der Waals surface area contributed by atoms with E-state index in [-0.39, 0.29) is 0 Å². The third-order valence-corrected chi connectivity index (χ3v) is 1.46. The Labute approximate surface area is 67.3 Å². The van der Waals surface area contributed by atoms with Crippen molar-refractivity contribution in [2.45, 2.75) is 12.8 Å². The Morgan fingerprint density at radius 3 is 3.27 bits per heavy atom. The lowest BCUT2D eigenvalue weighted by Crippen LogP contribution is -2.40. The summed E-state index contributed by atoms with van der Waals surface area (Å²) in [6, 6.07) is 0.